The Hall–Kier alpha value is -2.50. The molecule has 2 aliphatic rings. The van der Waals surface area contributed by atoms with Gasteiger partial charge in [0.2, 0.25) is 6.41 Å². The van der Waals surface area contributed by atoms with Crippen molar-refractivity contribution >= 4 is 24.7 Å². The molecule has 1 amide bonds. The SMILES string of the molecule is CN1C=NC=CC(C2=NC=C(CNC=O)CN=C2)=C1. The summed E-state index contributed by atoms with van der Waals surface area (Å²) in [5.74, 6) is 0. The minimum atomic E-state index is 0.468. The summed E-state index contributed by atoms with van der Waals surface area (Å²) < 4.78 is 0. The maximum atomic E-state index is 10.3. The Balaban J connectivity index is 2.18. The second-order valence-electron chi connectivity index (χ2n) is 4.10. The van der Waals surface area contributed by atoms with E-state index in [0.717, 1.165) is 16.9 Å². The number of allylic oxidation sites excluding steroid dienone is 2. The zero-order valence-electron chi connectivity index (χ0n) is 10.7. The summed E-state index contributed by atoms with van der Waals surface area (Å²) in [6.45, 7) is 1.01. The van der Waals surface area contributed by atoms with Gasteiger partial charge in [-0.25, -0.2) is 4.99 Å². The van der Waals surface area contributed by atoms with Gasteiger partial charge in [-0.1, -0.05) is 0 Å². The van der Waals surface area contributed by atoms with E-state index in [2.05, 4.69) is 20.3 Å². The predicted octanol–water partition coefficient (Wildman–Crippen LogP) is 0.513. The van der Waals surface area contributed by atoms with Crippen LogP contribution in [0.2, 0.25) is 0 Å². The number of nitrogens with zero attached hydrogens (tertiary/aromatic N) is 4. The molecule has 0 atom stereocenters. The first-order valence-corrected chi connectivity index (χ1v) is 5.86. The Morgan fingerprint density at radius 3 is 3.26 bits per heavy atom. The molecule has 0 aliphatic carbocycles. The van der Waals surface area contributed by atoms with Crippen molar-refractivity contribution in [2.75, 3.05) is 20.1 Å². The van der Waals surface area contributed by atoms with Crippen LogP contribution in [0.1, 0.15) is 0 Å². The Labute approximate surface area is 111 Å². The zero-order chi connectivity index (χ0) is 13.5. The fourth-order valence-electron chi connectivity index (χ4n) is 1.62. The Morgan fingerprint density at radius 2 is 2.42 bits per heavy atom. The second kappa shape index (κ2) is 6.44. The van der Waals surface area contributed by atoms with Crippen molar-refractivity contribution < 1.29 is 4.79 Å². The lowest BCUT2D eigenvalue weighted by molar-refractivity contribution is -0.109. The van der Waals surface area contributed by atoms with Crippen LogP contribution in [0, 0.1) is 0 Å². The maximum Gasteiger partial charge on any atom is 0.207 e. The highest BCUT2D eigenvalue weighted by Gasteiger charge is 2.07. The highest BCUT2D eigenvalue weighted by Crippen LogP contribution is 2.08. The van der Waals surface area contributed by atoms with Crippen LogP contribution in [0.4, 0.5) is 0 Å². The van der Waals surface area contributed by atoms with E-state index in [4.69, 9.17) is 0 Å². The Bertz CT molecular complexity index is 525. The summed E-state index contributed by atoms with van der Waals surface area (Å²) in [6, 6.07) is 0. The molecule has 0 aromatic rings. The van der Waals surface area contributed by atoms with Crippen LogP contribution in [-0.2, 0) is 4.79 Å². The summed E-state index contributed by atoms with van der Waals surface area (Å²) in [7, 11) is 1.90. The van der Waals surface area contributed by atoms with Crippen LogP contribution in [0.15, 0.2) is 50.8 Å². The van der Waals surface area contributed by atoms with E-state index in [1.54, 1.807) is 25.0 Å². The van der Waals surface area contributed by atoms with Crippen molar-refractivity contribution in [2.45, 2.75) is 0 Å². The molecule has 0 bridgehead atoms. The molecule has 2 heterocycles. The number of aliphatic imine (C=N–C) groups is 3. The highest BCUT2D eigenvalue weighted by atomic mass is 16.1. The molecule has 0 fully saturated rings. The van der Waals surface area contributed by atoms with E-state index in [9.17, 15) is 4.79 Å². The van der Waals surface area contributed by atoms with Crippen molar-refractivity contribution in [2.24, 2.45) is 15.0 Å². The summed E-state index contributed by atoms with van der Waals surface area (Å²) in [4.78, 5) is 24.9. The Kier molecular flexibility index (Phi) is 4.39. The third-order valence-corrected chi connectivity index (χ3v) is 2.53. The van der Waals surface area contributed by atoms with E-state index in [-0.39, 0.29) is 0 Å². The van der Waals surface area contributed by atoms with Crippen LogP contribution in [0.3, 0.4) is 0 Å². The third kappa shape index (κ3) is 3.74. The quantitative estimate of drug-likeness (QED) is 0.746. The van der Waals surface area contributed by atoms with E-state index in [1.807, 2.05) is 24.2 Å². The van der Waals surface area contributed by atoms with Gasteiger partial charge in [0.05, 0.1) is 18.6 Å². The lowest BCUT2D eigenvalue weighted by Crippen LogP contribution is -2.15. The number of carbonyl (C=O) groups excluding carboxylic acids is 1. The minimum absolute atomic E-state index is 0.468. The van der Waals surface area contributed by atoms with Gasteiger partial charge in [0, 0.05) is 44.0 Å². The molecule has 2 aliphatic heterocycles. The minimum Gasteiger partial charge on any atom is -0.355 e. The number of nitrogens with one attached hydrogen (secondary N) is 1. The fourth-order valence-corrected chi connectivity index (χ4v) is 1.62. The van der Waals surface area contributed by atoms with Gasteiger partial charge in [-0.05, 0) is 11.6 Å². The van der Waals surface area contributed by atoms with Crippen LogP contribution < -0.4 is 5.32 Å². The number of rotatable bonds is 4. The molecule has 2 rings (SSSR count). The van der Waals surface area contributed by atoms with Gasteiger partial charge >= 0.3 is 0 Å². The molecule has 0 saturated carbocycles. The largest absolute Gasteiger partial charge is 0.355 e. The van der Waals surface area contributed by atoms with Gasteiger partial charge in [-0.15, -0.1) is 0 Å². The number of hydrogen-bond acceptors (Lipinski definition) is 5. The molecule has 0 unspecified atom stereocenters. The lowest BCUT2D eigenvalue weighted by Gasteiger charge is -2.06. The van der Waals surface area contributed by atoms with Crippen molar-refractivity contribution in [3.8, 4) is 0 Å². The predicted molar refractivity (Wildman–Crippen MR) is 76.4 cm³/mol. The van der Waals surface area contributed by atoms with Gasteiger partial charge in [0.15, 0.2) is 0 Å². The second-order valence-corrected chi connectivity index (χ2v) is 4.10. The first kappa shape index (κ1) is 12.9. The topological polar surface area (TPSA) is 69.4 Å². The van der Waals surface area contributed by atoms with Crippen molar-refractivity contribution in [1.82, 2.24) is 10.2 Å². The molecule has 0 radical (unpaired) electrons. The van der Waals surface area contributed by atoms with Crippen molar-refractivity contribution in [3.63, 3.8) is 0 Å². The molecule has 0 aromatic heterocycles. The standard InChI is InChI=1S/C13H15N5O/c1-18-8-12(2-3-14-9-18)13-7-15-4-11(6-17-13)5-16-10-19/h2-3,6-10H,4-5H2,1H3,(H,16,19). The molecule has 6 nitrogen and oxygen atoms in total. The summed E-state index contributed by atoms with van der Waals surface area (Å²) in [6.07, 6.45) is 11.4. The van der Waals surface area contributed by atoms with E-state index >= 15 is 0 Å². The number of hydrogen-bond donors (Lipinski definition) is 1. The van der Waals surface area contributed by atoms with Gasteiger partial charge in [-0.2, -0.15) is 0 Å². The Morgan fingerprint density at radius 1 is 1.53 bits per heavy atom. The van der Waals surface area contributed by atoms with Crippen LogP contribution in [-0.4, -0.2) is 49.7 Å². The van der Waals surface area contributed by atoms with Gasteiger partial charge in [-0.3, -0.25) is 14.8 Å². The van der Waals surface area contributed by atoms with Gasteiger partial charge in [0.1, 0.15) is 0 Å². The molecule has 6 heteroatoms. The molecule has 0 saturated heterocycles. The highest BCUT2D eigenvalue weighted by molar-refractivity contribution is 6.39. The summed E-state index contributed by atoms with van der Waals surface area (Å²) >= 11 is 0. The first-order valence-electron chi connectivity index (χ1n) is 5.86. The van der Waals surface area contributed by atoms with Crippen molar-refractivity contribution in [3.05, 3.63) is 35.8 Å². The van der Waals surface area contributed by atoms with Crippen LogP contribution in [0.5, 0.6) is 0 Å². The molecular weight excluding hydrogens is 242 g/mol. The van der Waals surface area contributed by atoms with Crippen molar-refractivity contribution in [1.29, 1.82) is 0 Å². The zero-order valence-corrected chi connectivity index (χ0v) is 10.7. The maximum absolute atomic E-state index is 10.3. The molecule has 0 aromatic carbocycles. The molecule has 98 valence electrons. The fraction of sp³-hybridized carbons (Fsp3) is 0.231. The summed E-state index contributed by atoms with van der Waals surface area (Å²) in [5.41, 5.74) is 2.67. The summed E-state index contributed by atoms with van der Waals surface area (Å²) in [5, 5.41) is 2.61. The van der Waals surface area contributed by atoms with E-state index < -0.39 is 0 Å². The molecule has 0 spiro atoms. The third-order valence-electron chi connectivity index (χ3n) is 2.53. The molecule has 19 heavy (non-hydrogen) atoms. The number of amides is 1. The molecule has 1 N–H and O–H groups in total. The smallest absolute Gasteiger partial charge is 0.207 e. The van der Waals surface area contributed by atoms with E-state index in [0.29, 0.717) is 19.5 Å². The van der Waals surface area contributed by atoms with Gasteiger partial charge in [0.25, 0.3) is 0 Å². The normalized spacial score (nSPS) is 18.2. The monoisotopic (exact) mass is 257 g/mol. The lowest BCUT2D eigenvalue weighted by atomic mass is 10.2. The average molecular weight is 257 g/mol. The molecular formula is C13H15N5O. The number of carbonyl (C=O) groups is 1. The van der Waals surface area contributed by atoms with Gasteiger partial charge < -0.3 is 10.2 Å². The average Bonchev–Trinajstić information content (AvgIpc) is 2.76. The van der Waals surface area contributed by atoms with Crippen LogP contribution >= 0.6 is 0 Å². The first-order chi connectivity index (χ1) is 9.29. The van der Waals surface area contributed by atoms with E-state index in [1.165, 1.54) is 0 Å². The van der Waals surface area contributed by atoms with Crippen LogP contribution in [0.25, 0.3) is 0 Å².